The highest BCUT2D eigenvalue weighted by Gasteiger charge is 2.09. The molecule has 0 aromatic carbocycles. The zero-order chi connectivity index (χ0) is 13.7. The lowest BCUT2D eigenvalue weighted by molar-refractivity contribution is 0.247. The Bertz CT molecular complexity index is 518. The van der Waals surface area contributed by atoms with Gasteiger partial charge in [0, 0.05) is 31.2 Å². The molecular formula is C12H18N6O. The number of carbonyl (C=O) groups is 1. The number of anilines is 1. The highest BCUT2D eigenvalue weighted by Crippen LogP contribution is 2.04. The Balaban J connectivity index is 1.80. The number of nitrogens with one attached hydrogen (secondary N) is 2. The summed E-state index contributed by atoms with van der Waals surface area (Å²) in [6, 6.07) is 1.60. The van der Waals surface area contributed by atoms with Crippen molar-refractivity contribution < 1.29 is 4.79 Å². The molecule has 0 aliphatic rings. The minimum atomic E-state index is -0.240. The van der Waals surface area contributed by atoms with Crippen molar-refractivity contribution in [2.24, 2.45) is 0 Å². The van der Waals surface area contributed by atoms with Crippen LogP contribution in [0.4, 0.5) is 10.5 Å². The van der Waals surface area contributed by atoms with E-state index in [-0.39, 0.29) is 12.1 Å². The monoisotopic (exact) mass is 262 g/mol. The first-order valence-electron chi connectivity index (χ1n) is 6.24. The number of aromatic nitrogens is 4. The predicted molar refractivity (Wildman–Crippen MR) is 71.7 cm³/mol. The van der Waals surface area contributed by atoms with Crippen LogP contribution in [0.3, 0.4) is 0 Å². The van der Waals surface area contributed by atoms with E-state index in [9.17, 15) is 4.79 Å². The molecule has 0 aliphatic heterocycles. The summed E-state index contributed by atoms with van der Waals surface area (Å²) in [6.45, 7) is 5.33. The Morgan fingerprint density at radius 2 is 2.26 bits per heavy atom. The third-order valence-electron chi connectivity index (χ3n) is 2.61. The molecule has 0 fully saturated rings. The minimum absolute atomic E-state index is 0.0129. The maximum atomic E-state index is 11.8. The number of aryl methyl sites for hydroxylation is 1. The molecule has 2 amide bonds. The van der Waals surface area contributed by atoms with Crippen LogP contribution in [-0.2, 0) is 13.1 Å². The molecule has 1 atom stereocenters. The smallest absolute Gasteiger partial charge is 0.319 e. The van der Waals surface area contributed by atoms with Gasteiger partial charge in [0.15, 0.2) is 0 Å². The summed E-state index contributed by atoms with van der Waals surface area (Å²) in [7, 11) is 0. The zero-order valence-electron chi connectivity index (χ0n) is 11.1. The highest BCUT2D eigenvalue weighted by molar-refractivity contribution is 5.89. The number of carbonyl (C=O) groups excluding carboxylic acids is 1. The van der Waals surface area contributed by atoms with Crippen LogP contribution < -0.4 is 10.6 Å². The van der Waals surface area contributed by atoms with Crippen LogP contribution in [0.15, 0.2) is 30.9 Å². The van der Waals surface area contributed by atoms with Crippen LogP contribution >= 0.6 is 0 Å². The first-order chi connectivity index (χ1) is 9.17. The summed E-state index contributed by atoms with van der Waals surface area (Å²) >= 11 is 0. The summed E-state index contributed by atoms with van der Waals surface area (Å²) in [5.74, 6) is 0. The number of urea groups is 1. The van der Waals surface area contributed by atoms with Gasteiger partial charge in [-0.2, -0.15) is 10.2 Å². The van der Waals surface area contributed by atoms with Crippen molar-refractivity contribution in [2.75, 3.05) is 5.32 Å². The van der Waals surface area contributed by atoms with Crippen molar-refractivity contribution >= 4 is 11.7 Å². The maximum Gasteiger partial charge on any atom is 0.319 e. The Hall–Kier alpha value is -2.31. The van der Waals surface area contributed by atoms with Gasteiger partial charge in [0.05, 0.1) is 18.4 Å². The molecule has 2 aromatic rings. The fourth-order valence-corrected chi connectivity index (χ4v) is 1.73. The lowest BCUT2D eigenvalue weighted by Crippen LogP contribution is -2.38. The van der Waals surface area contributed by atoms with Crippen LogP contribution in [0.25, 0.3) is 0 Å². The largest absolute Gasteiger partial charge is 0.334 e. The van der Waals surface area contributed by atoms with Crippen molar-refractivity contribution in [1.29, 1.82) is 0 Å². The normalized spacial score (nSPS) is 12.1. The van der Waals surface area contributed by atoms with Crippen LogP contribution in [0, 0.1) is 0 Å². The second-order valence-corrected chi connectivity index (χ2v) is 4.31. The van der Waals surface area contributed by atoms with Gasteiger partial charge in [0.25, 0.3) is 0 Å². The molecule has 2 heterocycles. The average Bonchev–Trinajstić information content (AvgIpc) is 3.00. The molecule has 0 saturated heterocycles. The number of amides is 2. The average molecular weight is 262 g/mol. The quantitative estimate of drug-likeness (QED) is 0.853. The van der Waals surface area contributed by atoms with E-state index in [1.807, 2.05) is 26.1 Å². The van der Waals surface area contributed by atoms with Crippen molar-refractivity contribution in [3.8, 4) is 0 Å². The van der Waals surface area contributed by atoms with E-state index in [4.69, 9.17) is 0 Å². The zero-order valence-corrected chi connectivity index (χ0v) is 11.1. The first kappa shape index (κ1) is 13.1. The Labute approximate surface area is 111 Å². The molecule has 0 radical (unpaired) electrons. The standard InChI is InChI=1S/C12H18N6O/c1-3-17-9-11(7-14-17)16-12(19)15-10(2)8-18-6-4-5-13-18/h4-7,9-10H,3,8H2,1-2H3,(H2,15,16,19)/t10-/m0/s1. The van der Waals surface area contributed by atoms with Crippen molar-refractivity contribution in [3.05, 3.63) is 30.9 Å². The molecule has 0 saturated carbocycles. The van der Waals surface area contributed by atoms with Gasteiger partial charge < -0.3 is 10.6 Å². The van der Waals surface area contributed by atoms with E-state index in [1.165, 1.54) is 0 Å². The Morgan fingerprint density at radius 3 is 2.89 bits per heavy atom. The molecule has 2 N–H and O–H groups in total. The molecule has 7 nitrogen and oxygen atoms in total. The molecule has 2 rings (SSSR count). The number of hydrogen-bond acceptors (Lipinski definition) is 3. The van der Waals surface area contributed by atoms with Crippen LogP contribution in [-0.4, -0.2) is 31.6 Å². The number of rotatable bonds is 5. The van der Waals surface area contributed by atoms with Crippen LogP contribution in [0.2, 0.25) is 0 Å². The fourth-order valence-electron chi connectivity index (χ4n) is 1.73. The molecule has 19 heavy (non-hydrogen) atoms. The number of nitrogens with zero attached hydrogens (tertiary/aromatic N) is 4. The van der Waals surface area contributed by atoms with Crippen molar-refractivity contribution in [1.82, 2.24) is 24.9 Å². The Kier molecular flexibility index (Phi) is 4.17. The minimum Gasteiger partial charge on any atom is -0.334 e. The van der Waals surface area contributed by atoms with Gasteiger partial charge >= 0.3 is 6.03 Å². The van der Waals surface area contributed by atoms with Gasteiger partial charge in [0.2, 0.25) is 0 Å². The van der Waals surface area contributed by atoms with E-state index < -0.39 is 0 Å². The fraction of sp³-hybridized carbons (Fsp3) is 0.417. The van der Waals surface area contributed by atoms with E-state index in [0.29, 0.717) is 12.2 Å². The van der Waals surface area contributed by atoms with Gasteiger partial charge in [-0.1, -0.05) is 0 Å². The van der Waals surface area contributed by atoms with E-state index in [1.54, 1.807) is 28.0 Å². The molecular weight excluding hydrogens is 244 g/mol. The third-order valence-corrected chi connectivity index (χ3v) is 2.61. The number of hydrogen-bond donors (Lipinski definition) is 2. The second-order valence-electron chi connectivity index (χ2n) is 4.31. The molecule has 102 valence electrons. The van der Waals surface area contributed by atoms with Gasteiger partial charge in [-0.3, -0.25) is 9.36 Å². The summed E-state index contributed by atoms with van der Waals surface area (Å²) < 4.78 is 3.53. The van der Waals surface area contributed by atoms with Crippen LogP contribution in [0.5, 0.6) is 0 Å². The molecule has 7 heteroatoms. The van der Waals surface area contributed by atoms with Gasteiger partial charge in [-0.15, -0.1) is 0 Å². The lowest BCUT2D eigenvalue weighted by atomic mass is 10.3. The summed E-state index contributed by atoms with van der Waals surface area (Å²) in [5.41, 5.74) is 0.686. The molecule has 2 aromatic heterocycles. The third kappa shape index (κ3) is 3.84. The van der Waals surface area contributed by atoms with E-state index in [0.717, 1.165) is 6.54 Å². The molecule has 0 spiro atoms. The van der Waals surface area contributed by atoms with E-state index >= 15 is 0 Å². The molecule has 0 aliphatic carbocycles. The lowest BCUT2D eigenvalue weighted by Gasteiger charge is -2.14. The molecule has 0 bridgehead atoms. The predicted octanol–water partition coefficient (Wildman–Crippen LogP) is 1.31. The van der Waals surface area contributed by atoms with Crippen LogP contribution in [0.1, 0.15) is 13.8 Å². The summed E-state index contributed by atoms with van der Waals surface area (Å²) in [5, 5.41) is 13.8. The maximum absolute atomic E-state index is 11.8. The highest BCUT2D eigenvalue weighted by atomic mass is 16.2. The summed E-state index contributed by atoms with van der Waals surface area (Å²) in [4.78, 5) is 11.8. The topological polar surface area (TPSA) is 76.8 Å². The summed E-state index contributed by atoms with van der Waals surface area (Å²) in [6.07, 6.45) is 6.99. The van der Waals surface area contributed by atoms with Crippen molar-refractivity contribution in [3.63, 3.8) is 0 Å². The van der Waals surface area contributed by atoms with E-state index in [2.05, 4.69) is 20.8 Å². The Morgan fingerprint density at radius 1 is 1.42 bits per heavy atom. The second kappa shape index (κ2) is 6.03. The first-order valence-corrected chi connectivity index (χ1v) is 6.24. The van der Waals surface area contributed by atoms with Gasteiger partial charge in [-0.05, 0) is 19.9 Å². The van der Waals surface area contributed by atoms with Gasteiger partial charge in [0.1, 0.15) is 0 Å². The van der Waals surface area contributed by atoms with Crippen molar-refractivity contribution in [2.45, 2.75) is 33.0 Å². The van der Waals surface area contributed by atoms with Gasteiger partial charge in [-0.25, -0.2) is 4.79 Å². The molecule has 0 unspecified atom stereocenters. The SMILES string of the molecule is CCn1cc(NC(=O)N[C@@H](C)Cn2cccn2)cn1.